The molecule has 0 bridgehead atoms. The second kappa shape index (κ2) is 7.93. The minimum absolute atomic E-state index is 0.0395. The van der Waals surface area contributed by atoms with E-state index < -0.39 is 0 Å². The zero-order valence-corrected chi connectivity index (χ0v) is 16.9. The molecule has 1 aliphatic heterocycles. The Labute approximate surface area is 164 Å². The van der Waals surface area contributed by atoms with Crippen LogP contribution in [0.15, 0.2) is 53.4 Å². The Balaban J connectivity index is 1.74. The molecule has 1 aliphatic rings. The summed E-state index contributed by atoms with van der Waals surface area (Å²) in [6.07, 6.45) is 1.51. The van der Waals surface area contributed by atoms with E-state index >= 15 is 0 Å². The third kappa shape index (κ3) is 4.54. The van der Waals surface area contributed by atoms with Gasteiger partial charge in [0, 0.05) is 21.9 Å². The highest BCUT2D eigenvalue weighted by molar-refractivity contribution is 8.00. The number of rotatable bonds is 5. The van der Waals surface area contributed by atoms with Crippen molar-refractivity contribution in [3.63, 3.8) is 0 Å². The fraction of sp³-hybridized carbons (Fsp3) is 0.381. The number of carbonyl (C=O) groups is 1. The van der Waals surface area contributed by atoms with Gasteiger partial charge in [-0.15, -0.1) is 11.8 Å². The molecule has 138 valence electrons. The SMILES string of the molecule is CC[C@@H](Sc1ccc(Cl)cc1)C(=O)N[C@@H]1CC(C)(C)Oc2ccccc21. The highest BCUT2D eigenvalue weighted by Crippen LogP contribution is 2.39. The zero-order valence-electron chi connectivity index (χ0n) is 15.3. The maximum Gasteiger partial charge on any atom is 0.233 e. The number of nitrogens with one attached hydrogen (secondary N) is 1. The number of fused-ring (bicyclic) bond motifs is 1. The van der Waals surface area contributed by atoms with Gasteiger partial charge in [-0.05, 0) is 50.6 Å². The maximum absolute atomic E-state index is 12.9. The van der Waals surface area contributed by atoms with Gasteiger partial charge in [-0.25, -0.2) is 0 Å². The van der Waals surface area contributed by atoms with Crippen molar-refractivity contribution in [2.45, 2.75) is 55.4 Å². The lowest BCUT2D eigenvalue weighted by Gasteiger charge is -2.38. The summed E-state index contributed by atoms with van der Waals surface area (Å²) in [5.41, 5.74) is 0.740. The Morgan fingerprint density at radius 3 is 2.65 bits per heavy atom. The first-order valence-corrected chi connectivity index (χ1v) is 10.1. The average Bonchev–Trinajstić information content (AvgIpc) is 2.60. The molecule has 3 nitrogen and oxygen atoms in total. The average molecular weight is 390 g/mol. The molecule has 0 spiro atoms. The van der Waals surface area contributed by atoms with Crippen molar-refractivity contribution < 1.29 is 9.53 Å². The van der Waals surface area contributed by atoms with Crippen LogP contribution in [0.25, 0.3) is 0 Å². The topological polar surface area (TPSA) is 38.3 Å². The first-order valence-electron chi connectivity index (χ1n) is 8.88. The first kappa shape index (κ1) is 19.1. The maximum atomic E-state index is 12.9. The molecule has 0 fully saturated rings. The zero-order chi connectivity index (χ0) is 18.7. The highest BCUT2D eigenvalue weighted by Gasteiger charge is 2.35. The molecule has 1 heterocycles. The van der Waals surface area contributed by atoms with Crippen molar-refractivity contribution in [2.24, 2.45) is 0 Å². The predicted octanol–water partition coefficient (Wildman–Crippen LogP) is 5.63. The number of thioether (sulfide) groups is 1. The van der Waals surface area contributed by atoms with Crippen molar-refractivity contribution >= 4 is 29.3 Å². The van der Waals surface area contributed by atoms with Crippen LogP contribution in [0, 0.1) is 0 Å². The molecule has 0 unspecified atom stereocenters. The van der Waals surface area contributed by atoms with Crippen LogP contribution in [-0.4, -0.2) is 16.8 Å². The molecular weight excluding hydrogens is 366 g/mol. The van der Waals surface area contributed by atoms with Crippen LogP contribution in [0.2, 0.25) is 5.02 Å². The van der Waals surface area contributed by atoms with E-state index in [9.17, 15) is 4.79 Å². The van der Waals surface area contributed by atoms with E-state index in [1.807, 2.05) is 55.5 Å². The Bertz CT molecular complexity index is 776. The summed E-state index contributed by atoms with van der Waals surface area (Å²) in [7, 11) is 0. The largest absolute Gasteiger partial charge is 0.487 e. The molecule has 26 heavy (non-hydrogen) atoms. The molecule has 3 rings (SSSR count). The highest BCUT2D eigenvalue weighted by atomic mass is 35.5. The Hall–Kier alpha value is -1.65. The number of benzene rings is 2. The Morgan fingerprint density at radius 2 is 1.96 bits per heavy atom. The van der Waals surface area contributed by atoms with Gasteiger partial charge in [0.2, 0.25) is 5.91 Å². The molecule has 2 aromatic rings. The Morgan fingerprint density at radius 1 is 1.27 bits per heavy atom. The van der Waals surface area contributed by atoms with Gasteiger partial charge in [-0.1, -0.05) is 36.7 Å². The van der Waals surface area contributed by atoms with Gasteiger partial charge in [-0.2, -0.15) is 0 Å². The second-order valence-electron chi connectivity index (χ2n) is 7.13. The number of halogens is 1. The van der Waals surface area contributed by atoms with Gasteiger partial charge in [0.05, 0.1) is 11.3 Å². The van der Waals surface area contributed by atoms with Crippen molar-refractivity contribution in [1.82, 2.24) is 5.32 Å². The fourth-order valence-corrected chi connectivity index (χ4v) is 4.28. The standard InChI is InChI=1S/C21H24ClNO2S/c1-4-19(26-15-11-9-14(22)10-12-15)20(24)23-17-13-21(2,3)25-18-8-6-5-7-16(17)18/h5-12,17,19H,4,13H2,1-3H3,(H,23,24)/t17-,19-/m1/s1. The van der Waals surface area contributed by atoms with Crippen LogP contribution < -0.4 is 10.1 Å². The molecular formula is C21H24ClNO2S. The molecule has 5 heteroatoms. The summed E-state index contributed by atoms with van der Waals surface area (Å²) in [6.45, 7) is 6.15. The van der Waals surface area contributed by atoms with Crippen LogP contribution in [-0.2, 0) is 4.79 Å². The van der Waals surface area contributed by atoms with Crippen molar-refractivity contribution in [1.29, 1.82) is 0 Å². The number of carbonyl (C=O) groups excluding carboxylic acids is 1. The molecule has 1 amide bonds. The number of hydrogen-bond acceptors (Lipinski definition) is 3. The van der Waals surface area contributed by atoms with Gasteiger partial charge < -0.3 is 10.1 Å². The second-order valence-corrected chi connectivity index (χ2v) is 8.85. The summed E-state index contributed by atoms with van der Waals surface area (Å²) in [5, 5.41) is 3.81. The van der Waals surface area contributed by atoms with Crippen molar-refractivity contribution in [2.75, 3.05) is 0 Å². The van der Waals surface area contributed by atoms with Crippen molar-refractivity contribution in [3.05, 3.63) is 59.1 Å². The number of hydrogen-bond donors (Lipinski definition) is 1. The van der Waals surface area contributed by atoms with Crippen LogP contribution in [0.3, 0.4) is 0 Å². The van der Waals surface area contributed by atoms with E-state index in [1.54, 1.807) is 11.8 Å². The van der Waals surface area contributed by atoms with Gasteiger partial charge >= 0.3 is 0 Å². The first-order chi connectivity index (χ1) is 12.4. The van der Waals surface area contributed by atoms with Crippen LogP contribution >= 0.6 is 23.4 Å². The molecule has 1 N–H and O–H groups in total. The minimum Gasteiger partial charge on any atom is -0.487 e. The third-order valence-corrected chi connectivity index (χ3v) is 6.08. The lowest BCUT2D eigenvalue weighted by atomic mass is 9.89. The Kier molecular flexibility index (Phi) is 5.83. The van der Waals surface area contributed by atoms with E-state index in [0.29, 0.717) is 5.02 Å². The lowest BCUT2D eigenvalue weighted by molar-refractivity contribution is -0.121. The number of para-hydroxylation sites is 1. The molecule has 0 saturated carbocycles. The molecule has 0 saturated heterocycles. The minimum atomic E-state index is -0.308. The van der Waals surface area contributed by atoms with Gasteiger partial charge in [0.25, 0.3) is 0 Å². The third-order valence-electron chi connectivity index (χ3n) is 4.45. The monoisotopic (exact) mass is 389 g/mol. The number of amides is 1. The van der Waals surface area contributed by atoms with E-state index in [-0.39, 0.29) is 22.8 Å². The summed E-state index contributed by atoms with van der Waals surface area (Å²) < 4.78 is 6.06. The van der Waals surface area contributed by atoms with Crippen LogP contribution in [0.1, 0.15) is 45.2 Å². The van der Waals surface area contributed by atoms with Gasteiger partial charge in [0.1, 0.15) is 11.4 Å². The normalized spacial score (nSPS) is 19.2. The van der Waals surface area contributed by atoms with Crippen molar-refractivity contribution in [3.8, 4) is 5.75 Å². The van der Waals surface area contributed by atoms with Crippen LogP contribution in [0.5, 0.6) is 5.75 Å². The molecule has 2 aromatic carbocycles. The van der Waals surface area contributed by atoms with E-state index in [4.69, 9.17) is 16.3 Å². The summed E-state index contributed by atoms with van der Waals surface area (Å²) in [6, 6.07) is 15.5. The van der Waals surface area contributed by atoms with E-state index in [0.717, 1.165) is 29.1 Å². The lowest BCUT2D eigenvalue weighted by Crippen LogP contribution is -2.43. The quantitative estimate of drug-likeness (QED) is 0.673. The predicted molar refractivity (Wildman–Crippen MR) is 108 cm³/mol. The van der Waals surface area contributed by atoms with E-state index in [1.165, 1.54) is 0 Å². The molecule has 0 aromatic heterocycles. The fourth-order valence-electron chi connectivity index (χ4n) is 3.20. The summed E-state index contributed by atoms with van der Waals surface area (Å²) >= 11 is 7.52. The van der Waals surface area contributed by atoms with Gasteiger partial charge in [-0.3, -0.25) is 4.79 Å². The summed E-state index contributed by atoms with van der Waals surface area (Å²) in [4.78, 5) is 14.0. The number of ether oxygens (including phenoxy) is 1. The smallest absolute Gasteiger partial charge is 0.233 e. The molecule has 2 atom stereocenters. The van der Waals surface area contributed by atoms with Gasteiger partial charge in [0.15, 0.2) is 0 Å². The summed E-state index contributed by atoms with van der Waals surface area (Å²) in [5.74, 6) is 0.914. The molecule has 0 aliphatic carbocycles. The van der Waals surface area contributed by atoms with Crippen LogP contribution in [0.4, 0.5) is 0 Å². The molecule has 0 radical (unpaired) electrons. The van der Waals surface area contributed by atoms with E-state index in [2.05, 4.69) is 19.2 Å².